The highest BCUT2D eigenvalue weighted by molar-refractivity contribution is 8.00. The zero-order valence-corrected chi connectivity index (χ0v) is 38.6. The summed E-state index contributed by atoms with van der Waals surface area (Å²) in [5.74, 6) is 3.28. The smallest absolute Gasteiger partial charge is 0.404 e. The van der Waals surface area contributed by atoms with Crippen LogP contribution in [0.15, 0.2) is 42.5 Å². The van der Waals surface area contributed by atoms with Crippen molar-refractivity contribution in [2.24, 2.45) is 28.6 Å². The topological polar surface area (TPSA) is 103 Å². The maximum absolute atomic E-state index is 15.2. The van der Waals surface area contributed by atoms with E-state index in [1.807, 2.05) is 47.4 Å². The third-order valence-corrected chi connectivity index (χ3v) is 19.1. The van der Waals surface area contributed by atoms with E-state index in [2.05, 4.69) is 53.0 Å². The summed E-state index contributed by atoms with van der Waals surface area (Å²) < 4.78 is 14.0. The van der Waals surface area contributed by atoms with Crippen LogP contribution < -0.4 is 10.6 Å². The van der Waals surface area contributed by atoms with Crippen LogP contribution in [-0.2, 0) is 18.9 Å². The number of amides is 3. The van der Waals surface area contributed by atoms with Crippen LogP contribution in [0.5, 0.6) is 0 Å². The number of fused-ring (bicyclic) bond motifs is 1. The molecule has 2 N–H and O–H groups in total. The first-order valence-electron chi connectivity index (χ1n) is 24.8. The van der Waals surface area contributed by atoms with Gasteiger partial charge in [0.25, 0.3) is 5.91 Å². The normalized spacial score (nSPS) is 32.7. The van der Waals surface area contributed by atoms with E-state index in [4.69, 9.17) is 9.31 Å². The van der Waals surface area contributed by atoms with Crippen LogP contribution in [0.2, 0.25) is 0 Å². The SMILES string of the molecule is CC1(C)[C@@H]2C[C@H]3OB([C@H](CCCCN4CC5(CSC5)C4)NC(=O)[C@@H]4C[C@@H](N5CCCCC5)CN4C(=O)[C@@H](CC4CCCCC4)NC(=O)c4ccc5ccccc5c4)O[C@@]3(C)[C@H]1C2. The van der Waals surface area contributed by atoms with Gasteiger partial charge in [0.15, 0.2) is 0 Å². The van der Waals surface area contributed by atoms with Gasteiger partial charge in [0.1, 0.15) is 12.1 Å². The van der Waals surface area contributed by atoms with E-state index in [0.717, 1.165) is 94.6 Å². The molecule has 5 heterocycles. The fraction of sp³-hybridized carbons (Fsp3) is 0.740. The lowest BCUT2D eigenvalue weighted by molar-refractivity contribution is -0.199. The van der Waals surface area contributed by atoms with E-state index < -0.39 is 19.2 Å². The monoisotopic (exact) mass is 866 g/mol. The van der Waals surface area contributed by atoms with Crippen LogP contribution >= 0.6 is 11.8 Å². The average molecular weight is 866 g/mol. The molecular formula is C50H72BN5O5S. The van der Waals surface area contributed by atoms with E-state index in [1.54, 1.807) is 0 Å². The Kier molecular flexibility index (Phi) is 12.3. The highest BCUT2D eigenvalue weighted by Gasteiger charge is 2.68. The number of hydrogen-bond acceptors (Lipinski definition) is 8. The number of carbonyl (C=O) groups excluding carboxylic acids is 3. The number of likely N-dealkylation sites (tertiary alicyclic amines) is 3. The molecular weight excluding hydrogens is 793 g/mol. The first-order valence-corrected chi connectivity index (χ1v) is 25.9. The van der Waals surface area contributed by atoms with Gasteiger partial charge in [-0.05, 0) is 124 Å². The lowest BCUT2D eigenvalue weighted by Gasteiger charge is -2.64. The number of benzene rings is 2. The molecule has 0 radical (unpaired) electrons. The molecule has 336 valence electrons. The summed E-state index contributed by atoms with van der Waals surface area (Å²) >= 11 is 2.08. The number of hydrogen-bond donors (Lipinski definition) is 2. The van der Waals surface area contributed by atoms with Crippen molar-refractivity contribution in [3.63, 3.8) is 0 Å². The van der Waals surface area contributed by atoms with Gasteiger partial charge in [-0.25, -0.2) is 0 Å². The lowest BCUT2D eigenvalue weighted by atomic mass is 9.43. The predicted molar refractivity (Wildman–Crippen MR) is 248 cm³/mol. The Balaban J connectivity index is 0.884. The van der Waals surface area contributed by atoms with E-state index in [9.17, 15) is 4.79 Å². The second kappa shape index (κ2) is 17.6. The summed E-state index contributed by atoms with van der Waals surface area (Å²) in [6.45, 7) is 13.1. The van der Waals surface area contributed by atoms with Crippen molar-refractivity contribution < 1.29 is 23.7 Å². The van der Waals surface area contributed by atoms with Crippen molar-refractivity contribution in [2.75, 3.05) is 50.8 Å². The number of nitrogens with one attached hydrogen (secondary N) is 2. The van der Waals surface area contributed by atoms with Crippen LogP contribution in [0.1, 0.15) is 127 Å². The van der Waals surface area contributed by atoms with Gasteiger partial charge in [-0.1, -0.05) is 89.1 Å². The van der Waals surface area contributed by atoms with Gasteiger partial charge in [-0.15, -0.1) is 0 Å². The van der Waals surface area contributed by atoms with Gasteiger partial charge >= 0.3 is 7.12 Å². The number of thioether (sulfide) groups is 1. The molecule has 0 unspecified atom stereocenters. The Hall–Kier alpha value is -2.64. The number of carbonyl (C=O) groups is 3. The van der Waals surface area contributed by atoms with Crippen molar-refractivity contribution in [1.82, 2.24) is 25.3 Å². The summed E-state index contributed by atoms with van der Waals surface area (Å²) in [5, 5.41) is 8.86. The average Bonchev–Trinajstić information content (AvgIpc) is 3.86. The molecule has 1 spiro atoms. The van der Waals surface area contributed by atoms with E-state index in [0.29, 0.717) is 48.1 Å². The molecule has 5 saturated heterocycles. The van der Waals surface area contributed by atoms with Crippen molar-refractivity contribution >= 4 is 47.4 Å². The molecule has 10 nitrogen and oxygen atoms in total. The molecule has 12 heteroatoms. The summed E-state index contributed by atoms with van der Waals surface area (Å²) in [5.41, 5.74) is 0.987. The molecule has 4 saturated carbocycles. The van der Waals surface area contributed by atoms with Crippen molar-refractivity contribution in [3.8, 4) is 0 Å². The standard InChI is InChI=1S/C50H72BN5O5S/c1-48(2)38-26-42(48)49(3)43(27-38)60-51(61-49)44(18-10-13-21-54-30-50(31-54)32-62-33-50)53-46(58)41-28-39(55-22-11-5-12-23-55)29-56(41)47(59)40(24-34-14-6-4-7-15-34)52-45(57)37-20-19-35-16-8-9-17-36(35)25-37/h8-9,16-17,19-20,25,34,38-44H,4-7,10-15,18,21-24,26-33H2,1-3H3,(H,52,57)(H,53,58)/t38-,39+,40+,41-,42-,43+,44-,49-/m0/s1. The minimum Gasteiger partial charge on any atom is -0.404 e. The summed E-state index contributed by atoms with van der Waals surface area (Å²) in [6, 6.07) is 12.6. The summed E-state index contributed by atoms with van der Waals surface area (Å²) in [6.07, 6.45) is 15.4. The van der Waals surface area contributed by atoms with Gasteiger partial charge < -0.3 is 29.7 Å². The maximum atomic E-state index is 15.2. The fourth-order valence-electron chi connectivity index (χ4n) is 13.6. The summed E-state index contributed by atoms with van der Waals surface area (Å²) in [4.78, 5) is 51.4. The second-order valence-corrected chi connectivity index (χ2v) is 23.0. The lowest BCUT2D eigenvalue weighted by Crippen LogP contribution is -2.65. The molecule has 2 aromatic rings. The Labute approximate surface area is 375 Å². The van der Waals surface area contributed by atoms with Crippen LogP contribution in [0.25, 0.3) is 10.8 Å². The fourth-order valence-corrected chi connectivity index (χ4v) is 14.7. The van der Waals surface area contributed by atoms with Gasteiger partial charge in [0.05, 0.1) is 17.6 Å². The molecule has 5 aliphatic heterocycles. The zero-order valence-electron chi connectivity index (χ0n) is 37.8. The molecule has 2 aromatic carbocycles. The number of rotatable bonds is 14. The molecule has 3 amide bonds. The quantitative estimate of drug-likeness (QED) is 0.150. The summed E-state index contributed by atoms with van der Waals surface area (Å²) in [7, 11) is -0.521. The molecule has 0 aromatic heterocycles. The second-order valence-electron chi connectivity index (χ2n) is 22.0. The van der Waals surface area contributed by atoms with Crippen molar-refractivity contribution in [2.45, 2.75) is 153 Å². The number of unbranched alkanes of at least 4 members (excludes halogenated alkanes) is 1. The van der Waals surface area contributed by atoms with Crippen LogP contribution in [0.4, 0.5) is 0 Å². The molecule has 8 atom stereocenters. The predicted octanol–water partition coefficient (Wildman–Crippen LogP) is 7.34. The molecule has 9 aliphatic rings. The molecule has 9 fully saturated rings. The van der Waals surface area contributed by atoms with Crippen LogP contribution in [-0.4, -0.2) is 126 Å². The van der Waals surface area contributed by atoms with Crippen molar-refractivity contribution in [1.29, 1.82) is 0 Å². The third kappa shape index (κ3) is 8.39. The molecule has 11 rings (SSSR count). The molecule has 62 heavy (non-hydrogen) atoms. The highest BCUT2D eigenvalue weighted by atomic mass is 32.2. The van der Waals surface area contributed by atoms with Gasteiger partial charge in [0.2, 0.25) is 11.8 Å². The first kappa shape index (κ1) is 43.3. The van der Waals surface area contributed by atoms with E-state index in [1.165, 1.54) is 43.9 Å². The minimum atomic E-state index is -0.707. The van der Waals surface area contributed by atoms with Gasteiger partial charge in [0, 0.05) is 48.2 Å². The third-order valence-electron chi connectivity index (χ3n) is 17.5. The van der Waals surface area contributed by atoms with Crippen LogP contribution in [0.3, 0.4) is 0 Å². The Bertz CT molecular complexity index is 1960. The number of nitrogens with zero attached hydrogens (tertiary/aromatic N) is 3. The Morgan fingerprint density at radius 2 is 1.65 bits per heavy atom. The first-order chi connectivity index (χ1) is 30.0. The Morgan fingerprint density at radius 3 is 2.39 bits per heavy atom. The highest BCUT2D eigenvalue weighted by Crippen LogP contribution is 2.65. The largest absolute Gasteiger partial charge is 0.481 e. The van der Waals surface area contributed by atoms with E-state index in [-0.39, 0.29) is 46.8 Å². The van der Waals surface area contributed by atoms with Crippen LogP contribution in [0, 0.1) is 28.6 Å². The van der Waals surface area contributed by atoms with E-state index >= 15 is 9.59 Å². The molecule has 2 bridgehead atoms. The maximum Gasteiger partial charge on any atom is 0.481 e. The zero-order chi connectivity index (χ0) is 42.6. The van der Waals surface area contributed by atoms with Gasteiger partial charge in [-0.2, -0.15) is 11.8 Å². The van der Waals surface area contributed by atoms with Gasteiger partial charge in [-0.3, -0.25) is 19.3 Å². The van der Waals surface area contributed by atoms with Crippen molar-refractivity contribution in [3.05, 3.63) is 48.0 Å². The number of piperidine rings is 1. The Morgan fingerprint density at radius 1 is 0.887 bits per heavy atom. The minimum absolute atomic E-state index is 0.0288. The molecule has 4 aliphatic carbocycles.